The van der Waals surface area contributed by atoms with Gasteiger partial charge in [0.1, 0.15) is 5.60 Å². The lowest BCUT2D eigenvalue weighted by Crippen LogP contribution is -2.43. The second kappa shape index (κ2) is 4.91. The number of aryl methyl sites for hydroxylation is 1. The van der Waals surface area contributed by atoms with Gasteiger partial charge in [0.25, 0.3) is 5.91 Å². The van der Waals surface area contributed by atoms with E-state index in [1.807, 2.05) is 30.3 Å². The molecule has 82 valence electrons. The van der Waals surface area contributed by atoms with Crippen molar-refractivity contribution < 1.29 is 15.1 Å². The van der Waals surface area contributed by atoms with Crippen molar-refractivity contribution in [3.63, 3.8) is 0 Å². The summed E-state index contributed by atoms with van der Waals surface area (Å²) in [5.41, 5.74) is 0.960. The van der Waals surface area contributed by atoms with Gasteiger partial charge in [-0.05, 0) is 25.3 Å². The van der Waals surface area contributed by atoms with E-state index in [4.69, 9.17) is 5.21 Å². The molecule has 0 aliphatic heterocycles. The summed E-state index contributed by atoms with van der Waals surface area (Å²) < 4.78 is 0. The summed E-state index contributed by atoms with van der Waals surface area (Å²) in [6.45, 7) is 1.38. The number of benzene rings is 1. The molecular formula is C11H15NO3. The molecule has 1 amide bonds. The molecule has 0 radical (unpaired) electrons. The van der Waals surface area contributed by atoms with E-state index in [2.05, 4.69) is 0 Å². The lowest BCUT2D eigenvalue weighted by molar-refractivity contribution is -0.147. The van der Waals surface area contributed by atoms with Crippen LogP contribution in [0, 0.1) is 0 Å². The first-order valence-electron chi connectivity index (χ1n) is 4.77. The van der Waals surface area contributed by atoms with Crippen LogP contribution in [-0.2, 0) is 11.2 Å². The Labute approximate surface area is 88.5 Å². The fourth-order valence-corrected chi connectivity index (χ4v) is 1.27. The molecule has 1 aromatic rings. The Morgan fingerprint density at radius 3 is 2.53 bits per heavy atom. The Hall–Kier alpha value is -1.39. The van der Waals surface area contributed by atoms with Crippen LogP contribution in [0.1, 0.15) is 18.9 Å². The Morgan fingerprint density at radius 2 is 2.00 bits per heavy atom. The summed E-state index contributed by atoms with van der Waals surface area (Å²) >= 11 is 0. The van der Waals surface area contributed by atoms with Gasteiger partial charge in [0.05, 0.1) is 0 Å². The maximum Gasteiger partial charge on any atom is 0.274 e. The molecule has 1 rings (SSSR count). The number of rotatable bonds is 4. The van der Waals surface area contributed by atoms with Gasteiger partial charge < -0.3 is 5.11 Å². The van der Waals surface area contributed by atoms with Gasteiger partial charge in [0.2, 0.25) is 0 Å². The van der Waals surface area contributed by atoms with Crippen LogP contribution in [0.3, 0.4) is 0 Å². The number of hydroxylamine groups is 1. The van der Waals surface area contributed by atoms with Gasteiger partial charge in [-0.2, -0.15) is 0 Å². The third-order valence-corrected chi connectivity index (χ3v) is 2.33. The second-order valence-electron chi connectivity index (χ2n) is 3.70. The van der Waals surface area contributed by atoms with E-state index in [-0.39, 0.29) is 6.42 Å². The van der Waals surface area contributed by atoms with Crippen LogP contribution in [0.4, 0.5) is 0 Å². The number of hydrogen-bond donors (Lipinski definition) is 3. The molecule has 4 nitrogen and oxygen atoms in total. The standard InChI is InChI=1S/C11H15NO3/c1-11(14,10(13)12-15)8-7-9-5-3-2-4-6-9/h2-6,14-15H,7-8H2,1H3,(H,12,13). The number of nitrogens with one attached hydrogen (secondary N) is 1. The lowest BCUT2D eigenvalue weighted by Gasteiger charge is -2.20. The van der Waals surface area contributed by atoms with Gasteiger partial charge in [-0.15, -0.1) is 0 Å². The van der Waals surface area contributed by atoms with E-state index in [0.717, 1.165) is 5.56 Å². The molecule has 0 aromatic heterocycles. The molecule has 0 heterocycles. The molecule has 1 aromatic carbocycles. The predicted octanol–water partition coefficient (Wildman–Crippen LogP) is 0.876. The Bertz CT molecular complexity index is 322. The molecular weight excluding hydrogens is 194 g/mol. The van der Waals surface area contributed by atoms with E-state index in [9.17, 15) is 9.90 Å². The van der Waals surface area contributed by atoms with Crippen LogP contribution < -0.4 is 5.48 Å². The third-order valence-electron chi connectivity index (χ3n) is 2.33. The van der Waals surface area contributed by atoms with Crippen molar-refractivity contribution >= 4 is 5.91 Å². The van der Waals surface area contributed by atoms with Gasteiger partial charge in [-0.1, -0.05) is 30.3 Å². The van der Waals surface area contributed by atoms with E-state index in [0.29, 0.717) is 6.42 Å². The zero-order valence-corrected chi connectivity index (χ0v) is 8.60. The van der Waals surface area contributed by atoms with Crippen LogP contribution >= 0.6 is 0 Å². The first-order valence-corrected chi connectivity index (χ1v) is 4.77. The molecule has 1 unspecified atom stereocenters. The summed E-state index contributed by atoms with van der Waals surface area (Å²) in [7, 11) is 0. The van der Waals surface area contributed by atoms with Crippen molar-refractivity contribution in [1.82, 2.24) is 5.48 Å². The molecule has 3 N–H and O–H groups in total. The fraction of sp³-hybridized carbons (Fsp3) is 0.364. The van der Waals surface area contributed by atoms with Crippen LogP contribution in [0.15, 0.2) is 30.3 Å². The molecule has 0 spiro atoms. The Morgan fingerprint density at radius 1 is 1.40 bits per heavy atom. The zero-order chi connectivity index (χ0) is 11.3. The summed E-state index contributed by atoms with van der Waals surface area (Å²) in [5, 5.41) is 18.1. The quantitative estimate of drug-likeness (QED) is 0.509. The molecule has 0 saturated heterocycles. The minimum absolute atomic E-state index is 0.267. The van der Waals surface area contributed by atoms with Crippen molar-refractivity contribution in [1.29, 1.82) is 0 Å². The van der Waals surface area contributed by atoms with E-state index < -0.39 is 11.5 Å². The van der Waals surface area contributed by atoms with Crippen LogP contribution in [-0.4, -0.2) is 21.8 Å². The number of carbonyl (C=O) groups excluding carboxylic acids is 1. The van der Waals surface area contributed by atoms with E-state index >= 15 is 0 Å². The number of amides is 1. The van der Waals surface area contributed by atoms with Gasteiger partial charge in [0, 0.05) is 0 Å². The van der Waals surface area contributed by atoms with Crippen molar-refractivity contribution in [2.45, 2.75) is 25.4 Å². The van der Waals surface area contributed by atoms with Gasteiger partial charge in [0.15, 0.2) is 0 Å². The highest BCUT2D eigenvalue weighted by molar-refractivity contribution is 5.83. The number of aliphatic hydroxyl groups is 1. The first kappa shape index (κ1) is 11.7. The van der Waals surface area contributed by atoms with E-state index in [1.54, 1.807) is 0 Å². The average molecular weight is 209 g/mol. The summed E-state index contributed by atoms with van der Waals surface area (Å²) in [5.74, 6) is -0.779. The molecule has 0 aliphatic rings. The zero-order valence-electron chi connectivity index (χ0n) is 8.60. The summed E-state index contributed by atoms with van der Waals surface area (Å²) in [6, 6.07) is 9.55. The summed E-state index contributed by atoms with van der Waals surface area (Å²) in [4.78, 5) is 11.0. The first-order chi connectivity index (χ1) is 7.06. The van der Waals surface area contributed by atoms with Crippen molar-refractivity contribution in [2.24, 2.45) is 0 Å². The van der Waals surface area contributed by atoms with Crippen LogP contribution in [0.2, 0.25) is 0 Å². The maximum absolute atomic E-state index is 11.0. The molecule has 0 aliphatic carbocycles. The smallest absolute Gasteiger partial charge is 0.274 e. The maximum atomic E-state index is 11.0. The minimum Gasteiger partial charge on any atom is -0.380 e. The van der Waals surface area contributed by atoms with Gasteiger partial charge in [-0.25, -0.2) is 5.48 Å². The van der Waals surface area contributed by atoms with Gasteiger partial charge >= 0.3 is 0 Å². The van der Waals surface area contributed by atoms with Crippen molar-refractivity contribution in [3.05, 3.63) is 35.9 Å². The molecule has 0 bridgehead atoms. The second-order valence-corrected chi connectivity index (χ2v) is 3.70. The SMILES string of the molecule is CC(O)(CCc1ccccc1)C(=O)NO. The largest absolute Gasteiger partial charge is 0.380 e. The lowest BCUT2D eigenvalue weighted by atomic mass is 9.96. The average Bonchev–Trinajstić information content (AvgIpc) is 2.27. The highest BCUT2D eigenvalue weighted by atomic mass is 16.5. The summed E-state index contributed by atoms with van der Waals surface area (Å²) in [6.07, 6.45) is 0.852. The van der Waals surface area contributed by atoms with E-state index in [1.165, 1.54) is 12.4 Å². The predicted molar refractivity (Wildman–Crippen MR) is 55.3 cm³/mol. The highest BCUT2D eigenvalue weighted by Crippen LogP contribution is 2.13. The highest BCUT2D eigenvalue weighted by Gasteiger charge is 2.29. The molecule has 0 saturated carbocycles. The molecule has 0 fully saturated rings. The van der Waals surface area contributed by atoms with Crippen LogP contribution in [0.5, 0.6) is 0 Å². The Kier molecular flexibility index (Phi) is 3.82. The minimum atomic E-state index is -1.54. The van der Waals surface area contributed by atoms with Crippen molar-refractivity contribution in [2.75, 3.05) is 0 Å². The number of carbonyl (C=O) groups is 1. The number of hydrogen-bond acceptors (Lipinski definition) is 3. The molecule has 1 atom stereocenters. The normalized spacial score (nSPS) is 14.3. The fourth-order valence-electron chi connectivity index (χ4n) is 1.27. The topological polar surface area (TPSA) is 69.6 Å². The monoisotopic (exact) mass is 209 g/mol. The Balaban J connectivity index is 2.53. The van der Waals surface area contributed by atoms with Crippen molar-refractivity contribution in [3.8, 4) is 0 Å². The molecule has 4 heteroatoms. The third kappa shape index (κ3) is 3.34. The van der Waals surface area contributed by atoms with Gasteiger partial charge in [-0.3, -0.25) is 10.0 Å². The van der Waals surface area contributed by atoms with Crippen LogP contribution in [0.25, 0.3) is 0 Å². The molecule has 15 heavy (non-hydrogen) atoms.